The highest BCUT2D eigenvalue weighted by molar-refractivity contribution is 6.55. The lowest BCUT2D eigenvalue weighted by Gasteiger charge is -2.32. The first kappa shape index (κ1) is 17.8. The fraction of sp³-hybridized carbons (Fsp3) is 0.526. The fourth-order valence-electron chi connectivity index (χ4n) is 3.90. The average Bonchev–Trinajstić information content (AvgIpc) is 3.08. The molecule has 3 rings (SSSR count). The number of nitrogens with zero attached hydrogens (tertiary/aromatic N) is 1. The summed E-state index contributed by atoms with van der Waals surface area (Å²) in [6.45, 7) is 8.94. The van der Waals surface area contributed by atoms with Crippen molar-refractivity contribution in [3.05, 3.63) is 46.5 Å². The Balaban J connectivity index is 1.53. The summed E-state index contributed by atoms with van der Waals surface area (Å²) in [4.78, 5) is 16.4. The highest BCUT2D eigenvalue weighted by atomic mass is 35.5. The van der Waals surface area contributed by atoms with Crippen LogP contribution in [0.1, 0.15) is 19.4 Å². The van der Waals surface area contributed by atoms with Crippen LogP contribution in [0.5, 0.6) is 0 Å². The van der Waals surface area contributed by atoms with Gasteiger partial charge in [-0.2, -0.15) is 0 Å². The highest BCUT2D eigenvalue weighted by Crippen LogP contribution is 2.60. The standard InChI is InChI=1S/C19H24Cl2N2O/c1-19(2)15(12-16(20)21)17(19)18(24)23-10-8-22(9-11-23)13-14-6-4-3-5-7-14/h3-7,12,15,17H,8-11,13H2,1-2H3/p+1/t15-,17-/m0/s1. The summed E-state index contributed by atoms with van der Waals surface area (Å²) in [6.07, 6.45) is 1.82. The van der Waals surface area contributed by atoms with Crippen molar-refractivity contribution in [2.45, 2.75) is 20.4 Å². The molecule has 2 fully saturated rings. The minimum atomic E-state index is -0.0415. The van der Waals surface area contributed by atoms with Crippen molar-refractivity contribution in [1.82, 2.24) is 4.90 Å². The van der Waals surface area contributed by atoms with Crippen LogP contribution in [0.4, 0.5) is 0 Å². The van der Waals surface area contributed by atoms with E-state index in [-0.39, 0.29) is 27.6 Å². The number of rotatable bonds is 4. The molecule has 130 valence electrons. The molecule has 0 spiro atoms. The summed E-state index contributed by atoms with van der Waals surface area (Å²) in [5.41, 5.74) is 1.32. The Hall–Kier alpha value is -1.03. The number of piperazine rings is 1. The number of allylic oxidation sites excluding steroid dienone is 1. The number of benzene rings is 1. The molecule has 1 aromatic carbocycles. The van der Waals surface area contributed by atoms with Gasteiger partial charge in [0.05, 0.1) is 32.1 Å². The molecule has 1 saturated carbocycles. The lowest BCUT2D eigenvalue weighted by atomic mass is 10.1. The molecule has 1 aromatic rings. The Bertz CT molecular complexity index is 618. The van der Waals surface area contributed by atoms with Gasteiger partial charge in [-0.05, 0) is 17.4 Å². The molecule has 3 nitrogen and oxygen atoms in total. The maximum atomic E-state index is 12.8. The summed E-state index contributed by atoms with van der Waals surface area (Å²) >= 11 is 11.6. The molecule has 0 bridgehead atoms. The van der Waals surface area contributed by atoms with Crippen molar-refractivity contribution in [3.63, 3.8) is 0 Å². The Labute approximate surface area is 154 Å². The highest BCUT2D eigenvalue weighted by Gasteiger charge is 2.61. The monoisotopic (exact) mass is 367 g/mol. The smallest absolute Gasteiger partial charge is 0.227 e. The zero-order chi connectivity index (χ0) is 17.3. The second-order valence-electron chi connectivity index (χ2n) is 7.52. The van der Waals surface area contributed by atoms with Crippen molar-refractivity contribution in [1.29, 1.82) is 0 Å². The van der Waals surface area contributed by atoms with Crippen LogP contribution in [0.2, 0.25) is 0 Å². The van der Waals surface area contributed by atoms with E-state index in [2.05, 4.69) is 38.1 Å². The fourth-order valence-corrected chi connectivity index (χ4v) is 4.17. The van der Waals surface area contributed by atoms with Gasteiger partial charge in [-0.25, -0.2) is 0 Å². The summed E-state index contributed by atoms with van der Waals surface area (Å²) in [6, 6.07) is 10.6. The van der Waals surface area contributed by atoms with Gasteiger partial charge in [-0.1, -0.05) is 67.4 Å². The first-order valence-corrected chi connectivity index (χ1v) is 9.34. The second kappa shape index (κ2) is 7.07. The third-order valence-electron chi connectivity index (χ3n) is 5.56. The van der Waals surface area contributed by atoms with Gasteiger partial charge < -0.3 is 9.80 Å². The Morgan fingerprint density at radius 1 is 1.25 bits per heavy atom. The number of halogens is 2. The largest absolute Gasteiger partial charge is 0.331 e. The SMILES string of the molecule is CC1(C)[C@H](C(=O)N2CC[NH+](Cc3ccccc3)CC2)[C@@H]1C=C(Cl)Cl. The quantitative estimate of drug-likeness (QED) is 0.868. The van der Waals surface area contributed by atoms with Gasteiger partial charge in [0.2, 0.25) is 5.91 Å². The van der Waals surface area contributed by atoms with E-state index in [0.29, 0.717) is 0 Å². The van der Waals surface area contributed by atoms with Gasteiger partial charge in [0, 0.05) is 5.56 Å². The van der Waals surface area contributed by atoms with Crippen molar-refractivity contribution < 1.29 is 9.69 Å². The van der Waals surface area contributed by atoms with Crippen LogP contribution >= 0.6 is 23.2 Å². The molecule has 2 atom stereocenters. The van der Waals surface area contributed by atoms with E-state index in [4.69, 9.17) is 23.2 Å². The molecule has 1 aliphatic heterocycles. The van der Waals surface area contributed by atoms with Gasteiger partial charge >= 0.3 is 0 Å². The van der Waals surface area contributed by atoms with Gasteiger partial charge in [0.1, 0.15) is 11.0 Å². The van der Waals surface area contributed by atoms with Crippen LogP contribution in [0.3, 0.4) is 0 Å². The average molecular weight is 368 g/mol. The predicted molar refractivity (Wildman–Crippen MR) is 98.0 cm³/mol. The molecule has 1 heterocycles. The Morgan fingerprint density at radius 3 is 2.46 bits per heavy atom. The summed E-state index contributed by atoms with van der Waals surface area (Å²) < 4.78 is 0.264. The van der Waals surface area contributed by atoms with Crippen LogP contribution in [-0.2, 0) is 11.3 Å². The van der Waals surface area contributed by atoms with Gasteiger partial charge in [-0.3, -0.25) is 4.79 Å². The van der Waals surface area contributed by atoms with Crippen LogP contribution < -0.4 is 4.90 Å². The van der Waals surface area contributed by atoms with Crippen LogP contribution in [-0.4, -0.2) is 37.0 Å². The molecular weight excluding hydrogens is 343 g/mol. The minimum Gasteiger partial charge on any atom is -0.331 e. The predicted octanol–water partition coefficient (Wildman–Crippen LogP) is 2.50. The number of hydrogen-bond donors (Lipinski definition) is 1. The van der Waals surface area contributed by atoms with E-state index in [1.165, 1.54) is 5.56 Å². The molecule has 0 unspecified atom stereocenters. The molecule has 2 aliphatic rings. The van der Waals surface area contributed by atoms with Crippen molar-refractivity contribution in [2.24, 2.45) is 17.3 Å². The minimum absolute atomic E-state index is 0.0145. The molecular formula is C19H25Cl2N2O+. The second-order valence-corrected chi connectivity index (χ2v) is 8.53. The Morgan fingerprint density at radius 2 is 1.88 bits per heavy atom. The van der Waals surface area contributed by atoms with Gasteiger partial charge in [0.25, 0.3) is 0 Å². The zero-order valence-electron chi connectivity index (χ0n) is 14.3. The van der Waals surface area contributed by atoms with Crippen molar-refractivity contribution in [3.8, 4) is 0 Å². The first-order valence-electron chi connectivity index (χ1n) is 8.58. The van der Waals surface area contributed by atoms with E-state index >= 15 is 0 Å². The third-order valence-corrected chi connectivity index (χ3v) is 5.81. The third kappa shape index (κ3) is 3.79. The zero-order valence-corrected chi connectivity index (χ0v) is 15.8. The van der Waals surface area contributed by atoms with Crippen LogP contribution in [0, 0.1) is 17.3 Å². The van der Waals surface area contributed by atoms with E-state index in [1.807, 2.05) is 17.0 Å². The normalized spacial score (nSPS) is 26.1. The first-order chi connectivity index (χ1) is 11.4. The summed E-state index contributed by atoms with van der Waals surface area (Å²) in [7, 11) is 0. The number of carbonyl (C=O) groups is 1. The molecule has 0 radical (unpaired) electrons. The lowest BCUT2D eigenvalue weighted by molar-refractivity contribution is -0.917. The number of quaternary nitrogens is 1. The molecule has 1 amide bonds. The molecule has 1 aliphatic carbocycles. The molecule has 1 N–H and O–H groups in total. The molecule has 24 heavy (non-hydrogen) atoms. The number of hydrogen-bond acceptors (Lipinski definition) is 1. The maximum absolute atomic E-state index is 12.8. The Kier molecular flexibility index (Phi) is 5.24. The number of nitrogens with one attached hydrogen (secondary N) is 1. The molecule has 0 aromatic heterocycles. The van der Waals surface area contributed by atoms with Crippen LogP contribution in [0.15, 0.2) is 40.9 Å². The van der Waals surface area contributed by atoms with E-state index < -0.39 is 0 Å². The van der Waals surface area contributed by atoms with Crippen molar-refractivity contribution >= 4 is 29.1 Å². The van der Waals surface area contributed by atoms with Gasteiger partial charge in [-0.15, -0.1) is 0 Å². The van der Waals surface area contributed by atoms with E-state index in [9.17, 15) is 4.79 Å². The molecule has 1 saturated heterocycles. The van der Waals surface area contributed by atoms with Gasteiger partial charge in [0.15, 0.2) is 0 Å². The molecule has 5 heteroatoms. The summed E-state index contributed by atoms with van der Waals surface area (Å²) in [5.74, 6) is 0.431. The van der Waals surface area contributed by atoms with E-state index in [0.717, 1.165) is 32.7 Å². The number of carbonyl (C=O) groups excluding carboxylic acids is 1. The number of amides is 1. The summed E-state index contributed by atoms with van der Waals surface area (Å²) in [5, 5.41) is 0. The van der Waals surface area contributed by atoms with Crippen molar-refractivity contribution in [2.75, 3.05) is 26.2 Å². The lowest BCUT2D eigenvalue weighted by Crippen LogP contribution is -3.13. The topological polar surface area (TPSA) is 24.8 Å². The van der Waals surface area contributed by atoms with Crippen LogP contribution in [0.25, 0.3) is 0 Å². The maximum Gasteiger partial charge on any atom is 0.227 e. The van der Waals surface area contributed by atoms with E-state index in [1.54, 1.807) is 4.90 Å².